The second-order valence-electron chi connectivity index (χ2n) is 6.96. The fourth-order valence-electron chi connectivity index (χ4n) is 2.06. The van der Waals surface area contributed by atoms with E-state index in [1.807, 2.05) is 0 Å². The Labute approximate surface area is 200 Å². The minimum absolute atomic E-state index is 0.113. The van der Waals surface area contributed by atoms with Gasteiger partial charge in [-0.25, -0.2) is 24.0 Å². The molecule has 6 N–H and O–H groups in total. The summed E-state index contributed by atoms with van der Waals surface area (Å²) < 4.78 is 18.9. The van der Waals surface area contributed by atoms with Crippen LogP contribution in [0.1, 0.15) is 13.8 Å². The molecule has 0 radical (unpaired) electrons. The zero-order valence-electron chi connectivity index (χ0n) is 19.2. The first kappa shape index (κ1) is 31.3. The first-order chi connectivity index (χ1) is 16.3. The number of aliphatic carboxylic acids is 1. The van der Waals surface area contributed by atoms with Crippen molar-refractivity contribution in [1.82, 2.24) is 10.6 Å². The van der Waals surface area contributed by atoms with E-state index >= 15 is 0 Å². The zero-order chi connectivity index (χ0) is 27.1. The number of hydrogen-bond donors (Lipinski definition) is 6. The number of carbonyl (C=O) groups is 5. The predicted molar refractivity (Wildman–Crippen MR) is 115 cm³/mol. The highest BCUT2D eigenvalue weighted by Crippen LogP contribution is 2.14. The van der Waals surface area contributed by atoms with Crippen molar-refractivity contribution < 1.29 is 63.3 Å². The topological polar surface area (TPSA) is 227 Å². The summed E-state index contributed by atoms with van der Waals surface area (Å²) in [7, 11) is 0. The number of aliphatic hydroxyl groups is 3. The van der Waals surface area contributed by atoms with Crippen LogP contribution in [0.4, 0.5) is 9.59 Å². The molecule has 0 saturated carbocycles. The minimum atomic E-state index is -2.34. The Balaban J connectivity index is 5.13. The fraction of sp³-hybridized carbons (Fsp3) is 0.550. The average molecular weight is 506 g/mol. The molecule has 0 aliphatic rings. The van der Waals surface area contributed by atoms with Crippen LogP contribution in [0, 0.1) is 0 Å². The molecule has 0 spiro atoms. The molecule has 0 unspecified atom stereocenters. The maximum Gasteiger partial charge on any atom is 0.408 e. The number of esters is 2. The largest absolute Gasteiger partial charge is 0.478 e. The summed E-state index contributed by atoms with van der Waals surface area (Å²) in [6.07, 6.45) is -11.4. The quantitative estimate of drug-likeness (QED) is 0.0625. The van der Waals surface area contributed by atoms with Gasteiger partial charge in [0.05, 0.1) is 19.7 Å². The zero-order valence-corrected chi connectivity index (χ0v) is 19.2. The summed E-state index contributed by atoms with van der Waals surface area (Å²) in [4.78, 5) is 58.2. The molecule has 0 aliphatic carbocycles. The van der Waals surface area contributed by atoms with E-state index in [1.165, 1.54) is 13.8 Å². The molecule has 0 saturated heterocycles. The highest BCUT2D eigenvalue weighted by Gasteiger charge is 2.42. The summed E-state index contributed by atoms with van der Waals surface area (Å²) in [6, 6.07) is 0. The van der Waals surface area contributed by atoms with Crippen molar-refractivity contribution in [1.29, 1.82) is 0 Å². The molecule has 0 rings (SSSR count). The van der Waals surface area contributed by atoms with Crippen LogP contribution in [-0.2, 0) is 33.3 Å². The number of rotatable bonds is 15. The third kappa shape index (κ3) is 12.4. The lowest BCUT2D eigenvalue weighted by Gasteiger charge is -2.29. The van der Waals surface area contributed by atoms with Crippen LogP contribution in [0.2, 0.25) is 0 Å². The molecule has 0 bridgehead atoms. The minimum Gasteiger partial charge on any atom is -0.478 e. The van der Waals surface area contributed by atoms with Crippen molar-refractivity contribution in [2.75, 3.05) is 32.9 Å². The lowest BCUT2D eigenvalue weighted by Crippen LogP contribution is -2.54. The van der Waals surface area contributed by atoms with E-state index in [2.05, 4.69) is 28.5 Å². The van der Waals surface area contributed by atoms with Gasteiger partial charge in [0.15, 0.2) is 6.10 Å². The highest BCUT2D eigenvalue weighted by molar-refractivity contribution is 5.87. The Kier molecular flexibility index (Phi) is 14.3. The van der Waals surface area contributed by atoms with Gasteiger partial charge in [0.2, 0.25) is 6.10 Å². The van der Waals surface area contributed by atoms with Crippen LogP contribution in [0.15, 0.2) is 24.3 Å². The maximum atomic E-state index is 12.0. The second kappa shape index (κ2) is 16.0. The Hall–Kier alpha value is -3.69. The van der Waals surface area contributed by atoms with Gasteiger partial charge in [-0.1, -0.05) is 13.2 Å². The van der Waals surface area contributed by atoms with E-state index in [0.29, 0.717) is 0 Å². The molecule has 0 heterocycles. The number of aliphatic hydroxyl groups excluding tert-OH is 3. The monoisotopic (exact) mass is 506 g/mol. The van der Waals surface area contributed by atoms with Gasteiger partial charge < -0.3 is 50.0 Å². The van der Waals surface area contributed by atoms with Gasteiger partial charge in [-0.2, -0.15) is 0 Å². The number of carboxylic acids is 1. The summed E-state index contributed by atoms with van der Waals surface area (Å²) in [6.45, 7) is 7.30. The molecule has 0 aliphatic heterocycles. The van der Waals surface area contributed by atoms with Crippen molar-refractivity contribution in [3.05, 3.63) is 24.3 Å². The Morgan fingerprint density at radius 3 is 1.63 bits per heavy atom. The Bertz CT molecular complexity index is 798. The van der Waals surface area contributed by atoms with E-state index in [4.69, 9.17) is 19.3 Å². The molecular formula is C20H30N2O13. The molecule has 0 aromatic rings. The van der Waals surface area contributed by atoms with Crippen LogP contribution in [0.3, 0.4) is 0 Å². The summed E-state index contributed by atoms with van der Waals surface area (Å²) in [5, 5.41) is 42.5. The van der Waals surface area contributed by atoms with Gasteiger partial charge >= 0.3 is 30.1 Å². The number of alkyl carbamates (subject to hydrolysis) is 2. The van der Waals surface area contributed by atoms with Gasteiger partial charge in [-0.05, 0) is 13.8 Å². The fourth-order valence-corrected chi connectivity index (χ4v) is 2.06. The molecule has 4 atom stereocenters. The molecule has 15 nitrogen and oxygen atoms in total. The third-order valence-electron chi connectivity index (χ3n) is 3.84. The van der Waals surface area contributed by atoms with Gasteiger partial charge in [0.1, 0.15) is 25.4 Å². The van der Waals surface area contributed by atoms with E-state index in [0.717, 1.165) is 0 Å². The number of nitrogens with one attached hydrogen (secondary N) is 2. The lowest BCUT2D eigenvalue weighted by molar-refractivity contribution is -0.164. The van der Waals surface area contributed by atoms with Gasteiger partial charge in [-0.15, -0.1) is 0 Å². The third-order valence-corrected chi connectivity index (χ3v) is 3.84. The van der Waals surface area contributed by atoms with Crippen molar-refractivity contribution in [2.24, 2.45) is 0 Å². The Morgan fingerprint density at radius 2 is 1.26 bits per heavy atom. The molecule has 198 valence electrons. The number of carboxylic acid groups (broad SMARTS) is 1. The molecule has 2 amide bonds. The van der Waals surface area contributed by atoms with Crippen LogP contribution >= 0.6 is 0 Å². The number of carbonyl (C=O) groups excluding carboxylic acids is 4. The van der Waals surface area contributed by atoms with Gasteiger partial charge in [0.25, 0.3) is 0 Å². The highest BCUT2D eigenvalue weighted by atomic mass is 16.6. The van der Waals surface area contributed by atoms with Crippen LogP contribution < -0.4 is 10.6 Å². The van der Waals surface area contributed by atoms with E-state index < -0.39 is 61.1 Å². The molecular weight excluding hydrogens is 476 g/mol. The van der Waals surface area contributed by atoms with Crippen molar-refractivity contribution in [3.63, 3.8) is 0 Å². The number of hydrogen-bond acceptors (Lipinski definition) is 12. The summed E-state index contributed by atoms with van der Waals surface area (Å²) in [5.74, 6) is -3.32. The van der Waals surface area contributed by atoms with Crippen molar-refractivity contribution in [2.45, 2.75) is 38.3 Å². The Morgan fingerprint density at radius 1 is 0.829 bits per heavy atom. The van der Waals surface area contributed by atoms with Crippen LogP contribution in [-0.4, -0.2) is 108 Å². The SMILES string of the molecule is C=C(C)C(=O)OCCNC(=O)O[C@@H]([C@H](O)[C@H](O)CO)[C@@H](OC(=O)NCCOC(=O)C(=C)C)C(=O)O. The molecule has 0 aromatic carbocycles. The maximum absolute atomic E-state index is 12.0. The number of amides is 2. The molecule has 35 heavy (non-hydrogen) atoms. The normalized spacial score (nSPS) is 13.7. The average Bonchev–Trinajstić information content (AvgIpc) is 2.79. The first-order valence-electron chi connectivity index (χ1n) is 10.1. The first-order valence-corrected chi connectivity index (χ1v) is 10.1. The van der Waals surface area contributed by atoms with Gasteiger partial charge in [-0.3, -0.25) is 0 Å². The van der Waals surface area contributed by atoms with E-state index in [9.17, 15) is 39.3 Å². The smallest absolute Gasteiger partial charge is 0.408 e. The summed E-state index contributed by atoms with van der Waals surface area (Å²) in [5.41, 5.74) is 0.227. The molecule has 0 aromatic heterocycles. The van der Waals surface area contributed by atoms with E-state index in [1.54, 1.807) is 0 Å². The summed E-state index contributed by atoms with van der Waals surface area (Å²) >= 11 is 0. The van der Waals surface area contributed by atoms with Gasteiger partial charge in [0, 0.05) is 11.1 Å². The van der Waals surface area contributed by atoms with Crippen molar-refractivity contribution >= 4 is 30.1 Å². The lowest BCUT2D eigenvalue weighted by atomic mass is 10.0. The second-order valence-corrected chi connectivity index (χ2v) is 6.96. The van der Waals surface area contributed by atoms with Crippen molar-refractivity contribution in [3.8, 4) is 0 Å². The predicted octanol–water partition coefficient (Wildman–Crippen LogP) is -1.79. The number of ether oxygens (including phenoxy) is 4. The standard InChI is InChI=1S/C20H30N2O13/c1-10(2)17(28)32-7-5-21-19(30)34-14(13(25)12(24)9-23)15(16(26)27)35-20(31)22-6-8-33-18(29)11(3)4/h12-15,23-25H,1,3,5-9H2,2,4H3,(H,21,30)(H,22,31)(H,26,27)/t12-,13-,14+,15-/m1/s1. The molecule has 15 heteroatoms. The van der Waals surface area contributed by atoms with Crippen LogP contribution in [0.25, 0.3) is 0 Å². The van der Waals surface area contributed by atoms with Crippen LogP contribution in [0.5, 0.6) is 0 Å². The molecule has 0 fully saturated rings. The van der Waals surface area contributed by atoms with E-state index in [-0.39, 0.29) is 37.4 Å².